The van der Waals surface area contributed by atoms with Gasteiger partial charge in [-0.2, -0.15) is 0 Å². The van der Waals surface area contributed by atoms with Gasteiger partial charge in [0.25, 0.3) is 0 Å². The first-order chi connectivity index (χ1) is 9.74. The summed E-state index contributed by atoms with van der Waals surface area (Å²) in [7, 11) is 0. The van der Waals surface area contributed by atoms with E-state index in [-0.39, 0.29) is 0 Å². The molecule has 1 fully saturated rings. The van der Waals surface area contributed by atoms with Crippen LogP contribution in [0, 0.1) is 11.6 Å². The molecule has 4 heteroatoms. The summed E-state index contributed by atoms with van der Waals surface area (Å²) in [6, 6.07) is 3.17. The maximum absolute atomic E-state index is 14.1. The Morgan fingerprint density at radius 1 is 1.10 bits per heavy atom. The van der Waals surface area contributed by atoms with Crippen LogP contribution in [-0.4, -0.2) is 18.1 Å². The van der Waals surface area contributed by atoms with Gasteiger partial charge in [-0.15, -0.1) is 0 Å². The molecule has 2 aliphatic rings. The third kappa shape index (κ3) is 1.90. The molecule has 0 unspecified atom stereocenters. The van der Waals surface area contributed by atoms with Gasteiger partial charge in [0.15, 0.2) is 11.6 Å². The summed E-state index contributed by atoms with van der Waals surface area (Å²) in [5.41, 5.74) is 3.65. The van der Waals surface area contributed by atoms with E-state index in [0.717, 1.165) is 55.6 Å². The summed E-state index contributed by atoms with van der Waals surface area (Å²) in [6.45, 7) is 1.76. The molecule has 0 saturated heterocycles. The Morgan fingerprint density at radius 3 is 2.70 bits per heavy atom. The Labute approximate surface area is 116 Å². The van der Waals surface area contributed by atoms with E-state index in [1.54, 1.807) is 0 Å². The summed E-state index contributed by atoms with van der Waals surface area (Å²) < 4.78 is 27.9. The molecular weight excluding hydrogens is 258 g/mol. The van der Waals surface area contributed by atoms with Gasteiger partial charge in [-0.25, -0.2) is 8.78 Å². The fourth-order valence-electron chi connectivity index (χ4n) is 3.07. The summed E-state index contributed by atoms with van der Waals surface area (Å²) in [5, 5.41) is 3.67. The molecule has 1 aromatic carbocycles. The van der Waals surface area contributed by atoms with Crippen LogP contribution < -0.4 is 5.32 Å². The van der Waals surface area contributed by atoms with Crippen LogP contribution in [0.5, 0.6) is 0 Å². The van der Waals surface area contributed by atoms with E-state index in [1.807, 2.05) is 6.07 Å². The number of pyridine rings is 1. The lowest BCUT2D eigenvalue weighted by Crippen LogP contribution is -2.16. The molecule has 1 N–H and O–H groups in total. The van der Waals surface area contributed by atoms with Gasteiger partial charge in [0.2, 0.25) is 0 Å². The number of benzene rings is 1. The van der Waals surface area contributed by atoms with Gasteiger partial charge in [0.1, 0.15) is 0 Å². The van der Waals surface area contributed by atoms with Crippen LogP contribution in [0.3, 0.4) is 0 Å². The van der Waals surface area contributed by atoms with Crippen molar-refractivity contribution in [3.8, 4) is 0 Å². The quantitative estimate of drug-likeness (QED) is 0.864. The normalized spacial score (nSPS) is 18.9. The van der Waals surface area contributed by atoms with Gasteiger partial charge in [-0.05, 0) is 55.0 Å². The monoisotopic (exact) mass is 274 g/mol. The Balaban J connectivity index is 2.00. The predicted molar refractivity (Wildman–Crippen MR) is 73.9 cm³/mol. The van der Waals surface area contributed by atoms with E-state index >= 15 is 0 Å². The van der Waals surface area contributed by atoms with Gasteiger partial charge in [0.05, 0.1) is 5.52 Å². The third-order valence-corrected chi connectivity index (χ3v) is 4.32. The largest absolute Gasteiger partial charge is 0.316 e. The number of hydrogen-bond donors (Lipinski definition) is 1. The van der Waals surface area contributed by atoms with Crippen LogP contribution in [0.2, 0.25) is 0 Å². The molecule has 1 aliphatic carbocycles. The lowest BCUT2D eigenvalue weighted by molar-refractivity contribution is 0.515. The third-order valence-electron chi connectivity index (χ3n) is 4.32. The zero-order chi connectivity index (χ0) is 13.7. The van der Waals surface area contributed by atoms with Crippen LogP contribution in [0.1, 0.15) is 35.6 Å². The molecule has 20 heavy (non-hydrogen) atoms. The summed E-state index contributed by atoms with van der Waals surface area (Å²) >= 11 is 0. The van der Waals surface area contributed by atoms with E-state index < -0.39 is 11.6 Å². The van der Waals surface area contributed by atoms with Crippen molar-refractivity contribution in [2.24, 2.45) is 0 Å². The number of fused-ring (bicyclic) bond motifs is 2. The second-order valence-electron chi connectivity index (χ2n) is 5.78. The molecule has 2 aromatic rings. The smallest absolute Gasteiger partial charge is 0.168 e. The molecule has 0 atom stereocenters. The second kappa shape index (κ2) is 4.48. The van der Waals surface area contributed by atoms with Gasteiger partial charge in [-0.3, -0.25) is 4.98 Å². The van der Waals surface area contributed by atoms with Gasteiger partial charge in [-0.1, -0.05) is 0 Å². The molecule has 2 heterocycles. The summed E-state index contributed by atoms with van der Waals surface area (Å²) in [5.74, 6) is -1.13. The Hall–Kier alpha value is -1.55. The predicted octanol–water partition coefficient (Wildman–Crippen LogP) is 3.08. The molecule has 2 nitrogen and oxygen atoms in total. The molecule has 4 rings (SSSR count). The van der Waals surface area contributed by atoms with Crippen LogP contribution >= 0.6 is 0 Å². The topological polar surface area (TPSA) is 24.9 Å². The van der Waals surface area contributed by atoms with Crippen molar-refractivity contribution in [3.05, 3.63) is 40.6 Å². The van der Waals surface area contributed by atoms with Crippen molar-refractivity contribution in [1.82, 2.24) is 10.3 Å². The zero-order valence-corrected chi connectivity index (χ0v) is 11.2. The lowest BCUT2D eigenvalue weighted by Gasteiger charge is -2.11. The van der Waals surface area contributed by atoms with Crippen LogP contribution in [-0.2, 0) is 12.8 Å². The van der Waals surface area contributed by atoms with E-state index in [1.165, 1.54) is 6.07 Å². The van der Waals surface area contributed by atoms with Crippen molar-refractivity contribution in [2.45, 2.75) is 31.6 Å². The van der Waals surface area contributed by atoms with Crippen molar-refractivity contribution in [3.63, 3.8) is 0 Å². The molecule has 0 amide bonds. The van der Waals surface area contributed by atoms with Crippen LogP contribution in [0.4, 0.5) is 8.78 Å². The highest BCUT2D eigenvalue weighted by Crippen LogP contribution is 2.43. The highest BCUT2D eigenvalue weighted by molar-refractivity contribution is 5.84. The molecule has 0 radical (unpaired) electrons. The Kier molecular flexibility index (Phi) is 2.74. The fourth-order valence-corrected chi connectivity index (χ4v) is 3.07. The Morgan fingerprint density at radius 2 is 1.90 bits per heavy atom. The number of rotatable bonds is 1. The summed E-state index contributed by atoms with van der Waals surface area (Å²) in [6.07, 6.45) is 3.79. The minimum absolute atomic E-state index is 0.354. The minimum Gasteiger partial charge on any atom is -0.316 e. The minimum atomic E-state index is -0.753. The molecule has 104 valence electrons. The second-order valence-corrected chi connectivity index (χ2v) is 5.78. The number of aromatic nitrogens is 1. The van der Waals surface area contributed by atoms with Crippen molar-refractivity contribution < 1.29 is 8.78 Å². The number of nitrogens with zero attached hydrogens (tertiary/aromatic N) is 1. The highest BCUT2D eigenvalue weighted by atomic mass is 19.2. The number of halogens is 2. The molecule has 0 spiro atoms. The van der Waals surface area contributed by atoms with E-state index in [0.29, 0.717) is 16.8 Å². The highest BCUT2D eigenvalue weighted by Gasteiger charge is 2.28. The van der Waals surface area contributed by atoms with E-state index in [2.05, 4.69) is 5.32 Å². The average molecular weight is 274 g/mol. The first kappa shape index (κ1) is 12.2. The van der Waals surface area contributed by atoms with Crippen LogP contribution in [0.15, 0.2) is 12.1 Å². The molecule has 1 saturated carbocycles. The SMILES string of the molecule is Fc1cc(C2CC2)c2nc3c(cc2c1F)CCNCC3. The van der Waals surface area contributed by atoms with Crippen molar-refractivity contribution >= 4 is 10.9 Å². The summed E-state index contributed by atoms with van der Waals surface area (Å²) in [4.78, 5) is 4.69. The number of nitrogens with one attached hydrogen (secondary N) is 1. The molecule has 1 aromatic heterocycles. The van der Waals surface area contributed by atoms with Crippen molar-refractivity contribution in [2.75, 3.05) is 13.1 Å². The first-order valence-electron chi connectivity index (χ1n) is 7.25. The van der Waals surface area contributed by atoms with Gasteiger partial charge >= 0.3 is 0 Å². The maximum atomic E-state index is 14.1. The van der Waals surface area contributed by atoms with E-state index in [9.17, 15) is 8.78 Å². The van der Waals surface area contributed by atoms with E-state index in [4.69, 9.17) is 4.98 Å². The zero-order valence-electron chi connectivity index (χ0n) is 11.2. The average Bonchev–Trinajstić information content (AvgIpc) is 3.27. The van der Waals surface area contributed by atoms with Gasteiger partial charge in [0, 0.05) is 24.0 Å². The van der Waals surface area contributed by atoms with Crippen molar-refractivity contribution in [1.29, 1.82) is 0 Å². The maximum Gasteiger partial charge on any atom is 0.168 e. The molecular formula is C16H16F2N2. The Bertz CT molecular complexity index is 693. The molecule has 0 bridgehead atoms. The standard InChI is InChI=1S/C16H16F2N2/c17-13-8-11(9-1-2-9)16-12(15(13)18)7-10-3-5-19-6-4-14(10)20-16/h7-9,19H,1-6H2. The van der Waals surface area contributed by atoms with Crippen LogP contribution in [0.25, 0.3) is 10.9 Å². The van der Waals surface area contributed by atoms with Gasteiger partial charge < -0.3 is 5.32 Å². The first-order valence-corrected chi connectivity index (χ1v) is 7.25. The molecule has 1 aliphatic heterocycles. The lowest BCUT2D eigenvalue weighted by atomic mass is 10.0. The fraction of sp³-hybridized carbons (Fsp3) is 0.438. The number of hydrogen-bond acceptors (Lipinski definition) is 2.